The van der Waals surface area contributed by atoms with Crippen LogP contribution in [0, 0.1) is 0 Å². The Hall–Kier alpha value is -1.57. The number of nitrogens with zero attached hydrogens (tertiary/aromatic N) is 2. The highest BCUT2D eigenvalue weighted by molar-refractivity contribution is 8.13. The van der Waals surface area contributed by atoms with Gasteiger partial charge in [0.25, 0.3) is 5.24 Å². The van der Waals surface area contributed by atoms with E-state index in [1.165, 1.54) is 11.8 Å². The predicted octanol–water partition coefficient (Wildman–Crippen LogP) is 2.18. The van der Waals surface area contributed by atoms with Crippen LogP contribution in [0.5, 0.6) is 5.75 Å². The lowest BCUT2D eigenvalue weighted by atomic mass is 10.1. The SMILES string of the molecule is COc1ccc(CN2C(=O)SC[C@@H]2C(=O)CCN(C)OC)cc1. The van der Waals surface area contributed by atoms with E-state index < -0.39 is 0 Å². The molecule has 1 aromatic carbocycles. The number of thioether (sulfide) groups is 1. The number of rotatable bonds is 8. The Morgan fingerprint density at radius 2 is 2.04 bits per heavy atom. The lowest BCUT2D eigenvalue weighted by molar-refractivity contribution is -0.131. The van der Waals surface area contributed by atoms with Crippen LogP contribution < -0.4 is 4.74 Å². The van der Waals surface area contributed by atoms with Crippen molar-refractivity contribution in [2.24, 2.45) is 0 Å². The van der Waals surface area contributed by atoms with Crippen molar-refractivity contribution in [3.8, 4) is 5.75 Å². The first kappa shape index (κ1) is 17.8. The molecule has 1 atom stereocenters. The zero-order valence-corrected chi connectivity index (χ0v) is 14.5. The van der Waals surface area contributed by atoms with Gasteiger partial charge in [0.2, 0.25) is 0 Å². The second-order valence-electron chi connectivity index (χ2n) is 5.32. The van der Waals surface area contributed by atoms with E-state index in [2.05, 4.69) is 0 Å². The van der Waals surface area contributed by atoms with E-state index in [-0.39, 0.29) is 17.1 Å². The third kappa shape index (κ3) is 4.70. The molecule has 1 amide bonds. The van der Waals surface area contributed by atoms with Crippen LogP contribution in [0.25, 0.3) is 0 Å². The fourth-order valence-corrected chi connectivity index (χ4v) is 3.37. The Labute approximate surface area is 140 Å². The van der Waals surface area contributed by atoms with E-state index in [1.54, 1.807) is 31.2 Å². The largest absolute Gasteiger partial charge is 0.497 e. The van der Waals surface area contributed by atoms with E-state index in [4.69, 9.17) is 9.57 Å². The summed E-state index contributed by atoms with van der Waals surface area (Å²) in [5, 5.41) is 1.56. The van der Waals surface area contributed by atoms with Crippen molar-refractivity contribution in [1.29, 1.82) is 0 Å². The highest BCUT2D eigenvalue weighted by atomic mass is 32.2. The minimum atomic E-state index is -0.361. The van der Waals surface area contributed by atoms with Gasteiger partial charge in [-0.25, -0.2) is 0 Å². The number of carbonyl (C=O) groups is 2. The van der Waals surface area contributed by atoms with Crippen molar-refractivity contribution in [2.45, 2.75) is 19.0 Å². The van der Waals surface area contributed by atoms with Gasteiger partial charge in [-0.3, -0.25) is 9.59 Å². The molecule has 0 N–H and O–H groups in total. The van der Waals surface area contributed by atoms with Crippen molar-refractivity contribution in [3.05, 3.63) is 29.8 Å². The molecule has 1 aliphatic heterocycles. The molecule has 1 heterocycles. The van der Waals surface area contributed by atoms with Crippen molar-refractivity contribution in [3.63, 3.8) is 0 Å². The van der Waals surface area contributed by atoms with Crippen LogP contribution in [0.1, 0.15) is 12.0 Å². The predicted molar refractivity (Wildman–Crippen MR) is 89.4 cm³/mol. The molecule has 126 valence electrons. The standard InChI is InChI=1S/C16H22N2O4S/c1-17(22-3)9-8-15(19)14-11-23-16(20)18(14)10-12-4-6-13(21-2)7-5-12/h4-7,14H,8-11H2,1-3H3/t14-/m1/s1. The van der Waals surface area contributed by atoms with Gasteiger partial charge in [-0.15, -0.1) is 0 Å². The maximum absolute atomic E-state index is 12.4. The normalized spacial score (nSPS) is 17.8. The summed E-state index contributed by atoms with van der Waals surface area (Å²) >= 11 is 1.21. The van der Waals surface area contributed by atoms with Crippen LogP contribution in [0.4, 0.5) is 4.79 Å². The summed E-state index contributed by atoms with van der Waals surface area (Å²) in [6.45, 7) is 0.952. The van der Waals surface area contributed by atoms with Gasteiger partial charge in [-0.1, -0.05) is 23.9 Å². The Bertz CT molecular complexity index is 550. The number of Topliss-reactive ketones (excluding diaryl/α,β-unsaturated/α-hetero) is 1. The summed E-state index contributed by atoms with van der Waals surface area (Å²) in [5.74, 6) is 1.36. The smallest absolute Gasteiger partial charge is 0.282 e. The van der Waals surface area contributed by atoms with Gasteiger partial charge in [-0.2, -0.15) is 5.06 Å². The Morgan fingerprint density at radius 3 is 2.65 bits per heavy atom. The van der Waals surface area contributed by atoms with Gasteiger partial charge in [0, 0.05) is 32.3 Å². The first-order chi connectivity index (χ1) is 11.0. The molecule has 0 aromatic heterocycles. The van der Waals surface area contributed by atoms with Crippen LogP contribution in [0.3, 0.4) is 0 Å². The molecular weight excluding hydrogens is 316 g/mol. The zero-order valence-electron chi connectivity index (χ0n) is 13.7. The number of hydrogen-bond acceptors (Lipinski definition) is 6. The molecule has 0 spiro atoms. The molecule has 2 rings (SSSR count). The molecule has 0 aliphatic carbocycles. The van der Waals surface area contributed by atoms with Crippen molar-refractivity contribution in [1.82, 2.24) is 9.96 Å². The number of carbonyl (C=O) groups excluding carboxylic acids is 2. The van der Waals surface area contributed by atoms with Gasteiger partial charge in [-0.05, 0) is 17.7 Å². The number of hydrogen-bond donors (Lipinski definition) is 0. The Morgan fingerprint density at radius 1 is 1.35 bits per heavy atom. The molecule has 1 saturated heterocycles. The summed E-state index contributed by atoms with van der Waals surface area (Å²) in [6.07, 6.45) is 0.363. The highest BCUT2D eigenvalue weighted by Crippen LogP contribution is 2.27. The lowest BCUT2D eigenvalue weighted by Crippen LogP contribution is -2.40. The maximum Gasteiger partial charge on any atom is 0.282 e. The number of amides is 1. The van der Waals surface area contributed by atoms with Crippen LogP contribution in [-0.2, 0) is 16.2 Å². The van der Waals surface area contributed by atoms with E-state index in [0.29, 0.717) is 25.3 Å². The van der Waals surface area contributed by atoms with Crippen LogP contribution in [0.15, 0.2) is 24.3 Å². The molecule has 23 heavy (non-hydrogen) atoms. The summed E-state index contributed by atoms with van der Waals surface area (Å²) in [5.41, 5.74) is 0.980. The van der Waals surface area contributed by atoms with Crippen molar-refractivity contribution in [2.75, 3.05) is 33.6 Å². The topological polar surface area (TPSA) is 59.1 Å². The molecule has 7 heteroatoms. The fraction of sp³-hybridized carbons (Fsp3) is 0.500. The summed E-state index contributed by atoms with van der Waals surface area (Å²) in [4.78, 5) is 31.2. The van der Waals surface area contributed by atoms with Crippen LogP contribution in [0.2, 0.25) is 0 Å². The number of hydroxylamine groups is 2. The molecule has 0 bridgehead atoms. The van der Waals surface area contributed by atoms with Gasteiger partial charge in [0.05, 0.1) is 14.2 Å². The van der Waals surface area contributed by atoms with E-state index in [1.807, 2.05) is 24.3 Å². The Kier molecular flexibility index (Phi) is 6.44. The first-order valence-electron chi connectivity index (χ1n) is 7.39. The fourth-order valence-electron chi connectivity index (χ4n) is 2.35. The monoisotopic (exact) mass is 338 g/mol. The van der Waals surface area contributed by atoms with Crippen molar-refractivity contribution >= 4 is 22.8 Å². The molecule has 0 unspecified atom stereocenters. The highest BCUT2D eigenvalue weighted by Gasteiger charge is 2.36. The molecule has 0 radical (unpaired) electrons. The maximum atomic E-state index is 12.4. The second kappa shape index (κ2) is 8.33. The quantitative estimate of drug-likeness (QED) is 0.677. The molecule has 1 aliphatic rings. The molecular formula is C16H22N2O4S. The molecule has 1 fully saturated rings. The van der Waals surface area contributed by atoms with Gasteiger partial charge >= 0.3 is 0 Å². The average Bonchev–Trinajstić information content (AvgIpc) is 2.94. The molecule has 0 saturated carbocycles. The van der Waals surface area contributed by atoms with Crippen LogP contribution in [-0.4, -0.2) is 60.6 Å². The summed E-state index contributed by atoms with van der Waals surface area (Å²) in [7, 11) is 4.95. The number of benzene rings is 1. The third-order valence-electron chi connectivity index (χ3n) is 3.84. The van der Waals surface area contributed by atoms with E-state index >= 15 is 0 Å². The van der Waals surface area contributed by atoms with Gasteiger partial charge in [0.1, 0.15) is 11.8 Å². The summed E-state index contributed by atoms with van der Waals surface area (Å²) < 4.78 is 5.13. The number of methoxy groups -OCH3 is 1. The third-order valence-corrected chi connectivity index (χ3v) is 4.81. The molecule has 1 aromatic rings. The first-order valence-corrected chi connectivity index (χ1v) is 8.38. The second-order valence-corrected chi connectivity index (χ2v) is 6.29. The molecule has 6 nitrogen and oxygen atoms in total. The van der Waals surface area contributed by atoms with E-state index in [9.17, 15) is 9.59 Å². The summed E-state index contributed by atoms with van der Waals surface area (Å²) in [6, 6.07) is 7.17. The van der Waals surface area contributed by atoms with E-state index in [0.717, 1.165) is 11.3 Å². The number of ether oxygens (including phenoxy) is 1. The zero-order chi connectivity index (χ0) is 16.8. The Balaban J connectivity index is 1.99. The lowest BCUT2D eigenvalue weighted by Gasteiger charge is -2.23. The van der Waals surface area contributed by atoms with Gasteiger partial charge in [0.15, 0.2) is 5.78 Å². The van der Waals surface area contributed by atoms with Gasteiger partial charge < -0.3 is 14.5 Å². The minimum absolute atomic E-state index is 0.0423. The van der Waals surface area contributed by atoms with Crippen molar-refractivity contribution < 1.29 is 19.2 Å². The number of ketones is 1. The minimum Gasteiger partial charge on any atom is -0.497 e. The van der Waals surface area contributed by atoms with Crippen LogP contribution >= 0.6 is 11.8 Å². The average molecular weight is 338 g/mol.